The molecule has 1 aromatic rings. The Morgan fingerprint density at radius 2 is 1.74 bits per heavy atom. The van der Waals surface area contributed by atoms with Gasteiger partial charge in [0.2, 0.25) is 0 Å². The molecule has 0 bridgehead atoms. The highest BCUT2D eigenvalue weighted by molar-refractivity contribution is 6.01. The van der Waals surface area contributed by atoms with E-state index in [9.17, 15) is 14.4 Å². The van der Waals surface area contributed by atoms with Crippen LogP contribution in [0.5, 0.6) is 0 Å². The summed E-state index contributed by atoms with van der Waals surface area (Å²) in [5, 5.41) is 0. The van der Waals surface area contributed by atoms with Gasteiger partial charge in [0.15, 0.2) is 5.78 Å². The lowest BCUT2D eigenvalue weighted by Gasteiger charge is -2.60. The topological polar surface area (TPSA) is 64.3 Å². The molecule has 4 nitrogen and oxygen atoms in total. The van der Waals surface area contributed by atoms with Crippen LogP contribution in [0.2, 0.25) is 0 Å². The Bertz CT molecular complexity index is 1190. The van der Waals surface area contributed by atoms with Gasteiger partial charge in [-0.1, -0.05) is 45.9 Å². The molecule has 0 saturated heterocycles. The molecule has 4 atom stereocenters. The maximum absolute atomic E-state index is 13.4. The lowest BCUT2D eigenvalue weighted by molar-refractivity contribution is -0.154. The zero-order chi connectivity index (χ0) is 25.1. The molecule has 0 amide bonds. The molecule has 0 aromatic carbocycles. The third kappa shape index (κ3) is 3.70. The van der Waals surface area contributed by atoms with Crippen LogP contribution in [-0.2, 0) is 9.59 Å². The largest absolute Gasteiger partial charge is 0.423 e. The highest BCUT2D eigenvalue weighted by Gasteiger charge is 2.64. The van der Waals surface area contributed by atoms with E-state index in [1.807, 2.05) is 38.1 Å². The van der Waals surface area contributed by atoms with Crippen molar-refractivity contribution >= 4 is 17.1 Å². The second kappa shape index (κ2) is 8.32. The van der Waals surface area contributed by atoms with Gasteiger partial charge in [0, 0.05) is 34.8 Å². The predicted molar refractivity (Wildman–Crippen MR) is 135 cm³/mol. The van der Waals surface area contributed by atoms with Crippen molar-refractivity contribution in [2.24, 2.45) is 28.1 Å². The van der Waals surface area contributed by atoms with Crippen LogP contribution in [0, 0.1) is 35.0 Å². The molecule has 3 fully saturated rings. The lowest BCUT2D eigenvalue weighted by atomic mass is 9.43. The molecule has 0 spiro atoms. The van der Waals surface area contributed by atoms with Crippen LogP contribution in [-0.4, -0.2) is 11.6 Å². The molecule has 1 heterocycles. The van der Waals surface area contributed by atoms with Crippen LogP contribution in [0.4, 0.5) is 0 Å². The Balaban J connectivity index is 1.64. The minimum absolute atomic E-state index is 0.00525. The first-order valence-electron chi connectivity index (χ1n) is 12.6. The maximum Gasteiger partial charge on any atom is 0.339 e. The first kappa shape index (κ1) is 24.6. The molecule has 34 heavy (non-hydrogen) atoms. The molecule has 3 aliphatic rings. The van der Waals surface area contributed by atoms with Crippen molar-refractivity contribution in [3.8, 4) is 0 Å². The summed E-state index contributed by atoms with van der Waals surface area (Å²) in [5.74, 6) is 1.80. The van der Waals surface area contributed by atoms with Crippen LogP contribution in [0.15, 0.2) is 50.7 Å². The summed E-state index contributed by atoms with van der Waals surface area (Å²) in [7, 11) is 0. The summed E-state index contributed by atoms with van der Waals surface area (Å²) in [4.78, 5) is 37.9. The van der Waals surface area contributed by atoms with Crippen molar-refractivity contribution in [3.05, 3.63) is 63.3 Å². The van der Waals surface area contributed by atoms with Crippen LogP contribution in [0.25, 0.3) is 5.57 Å². The summed E-state index contributed by atoms with van der Waals surface area (Å²) in [6.45, 7) is 14.5. The fourth-order valence-electron chi connectivity index (χ4n) is 7.58. The smallest absolute Gasteiger partial charge is 0.339 e. The monoisotopic (exact) mass is 462 g/mol. The van der Waals surface area contributed by atoms with Crippen LogP contribution < -0.4 is 5.63 Å². The average molecular weight is 463 g/mol. The number of hydrogen-bond acceptors (Lipinski definition) is 4. The molecule has 3 saturated carbocycles. The standard InChI is InChI=1S/C30H38O4/c1-18(22-12-11-20(3)27(33)34-22)9-8-10-19(2)26-21(31)17-24-29(6)16-14-25(32)28(4,5)23(29)13-15-30(24,26)7/h8-12,23-24H,13-17H2,1-7H3/b10-8?,18-9?,26-19+/t23-,24-,29-,30-/m0/s1. The van der Waals surface area contributed by atoms with Crippen molar-refractivity contribution in [3.63, 3.8) is 0 Å². The first-order chi connectivity index (χ1) is 15.8. The van der Waals surface area contributed by atoms with E-state index < -0.39 is 0 Å². The quantitative estimate of drug-likeness (QED) is 0.374. The van der Waals surface area contributed by atoms with Gasteiger partial charge >= 0.3 is 5.63 Å². The fraction of sp³-hybridized carbons (Fsp3) is 0.567. The van der Waals surface area contributed by atoms with Crippen molar-refractivity contribution in [2.75, 3.05) is 0 Å². The van der Waals surface area contributed by atoms with Crippen molar-refractivity contribution < 1.29 is 14.0 Å². The number of fused-ring (bicyclic) bond motifs is 3. The van der Waals surface area contributed by atoms with E-state index in [4.69, 9.17) is 4.42 Å². The fourth-order valence-corrected chi connectivity index (χ4v) is 7.58. The van der Waals surface area contributed by atoms with Gasteiger partial charge in [-0.2, -0.15) is 0 Å². The molecular formula is C30H38O4. The summed E-state index contributed by atoms with van der Waals surface area (Å²) in [6, 6.07) is 3.58. The Morgan fingerprint density at radius 1 is 1.03 bits per heavy atom. The number of allylic oxidation sites excluding steroid dienone is 6. The number of rotatable bonds is 3. The third-order valence-corrected chi connectivity index (χ3v) is 9.52. The molecule has 0 radical (unpaired) electrons. The zero-order valence-electron chi connectivity index (χ0n) is 21.7. The minimum Gasteiger partial charge on any atom is -0.423 e. The molecule has 4 heteroatoms. The molecule has 182 valence electrons. The van der Waals surface area contributed by atoms with E-state index in [1.54, 1.807) is 13.0 Å². The van der Waals surface area contributed by atoms with E-state index in [1.165, 1.54) is 0 Å². The lowest BCUT2D eigenvalue weighted by Crippen LogP contribution is -2.56. The van der Waals surface area contributed by atoms with E-state index in [0.717, 1.165) is 36.0 Å². The molecule has 3 aliphatic carbocycles. The minimum atomic E-state index is -0.320. The van der Waals surface area contributed by atoms with Crippen LogP contribution >= 0.6 is 0 Å². The summed E-state index contributed by atoms with van der Waals surface area (Å²) >= 11 is 0. The number of Topliss-reactive ketones (excluding diaryl/α,β-unsaturated/α-hetero) is 2. The average Bonchev–Trinajstić information content (AvgIpc) is 3.04. The SMILES string of the molecule is CC(=CC=C/C(C)=C1\C(=O)C[C@H]2[C@@]3(C)CCC(=O)C(C)(C)[C@@H]3CC[C@]12C)c1ccc(C)c(=O)o1. The second-order valence-electron chi connectivity index (χ2n) is 11.9. The number of ketones is 2. The van der Waals surface area contributed by atoms with Gasteiger partial charge in [0.1, 0.15) is 11.5 Å². The van der Waals surface area contributed by atoms with Crippen molar-refractivity contribution in [1.29, 1.82) is 0 Å². The first-order valence-corrected chi connectivity index (χ1v) is 12.6. The van der Waals surface area contributed by atoms with Crippen LogP contribution in [0.3, 0.4) is 0 Å². The molecular weight excluding hydrogens is 424 g/mol. The Morgan fingerprint density at radius 3 is 2.41 bits per heavy atom. The van der Waals surface area contributed by atoms with E-state index in [0.29, 0.717) is 35.9 Å². The molecule has 0 aliphatic heterocycles. The molecule has 1 aromatic heterocycles. The van der Waals surface area contributed by atoms with E-state index in [-0.39, 0.29) is 33.6 Å². The Kier molecular flexibility index (Phi) is 6.03. The predicted octanol–water partition coefficient (Wildman–Crippen LogP) is 6.62. The second-order valence-corrected chi connectivity index (χ2v) is 11.9. The zero-order valence-corrected chi connectivity index (χ0v) is 21.7. The third-order valence-electron chi connectivity index (χ3n) is 9.52. The number of carbonyl (C=O) groups is 2. The van der Waals surface area contributed by atoms with Gasteiger partial charge < -0.3 is 4.42 Å². The number of carbonyl (C=O) groups excluding carboxylic acids is 2. The summed E-state index contributed by atoms with van der Waals surface area (Å²) in [5.41, 5.74) is 2.64. The van der Waals surface area contributed by atoms with Gasteiger partial charge in [0.05, 0.1) is 0 Å². The van der Waals surface area contributed by atoms with Gasteiger partial charge in [-0.05, 0) is 80.6 Å². The number of aryl methyl sites for hydroxylation is 1. The molecule has 4 rings (SSSR count). The Hall–Kier alpha value is -2.49. The number of hydrogen-bond donors (Lipinski definition) is 0. The maximum atomic E-state index is 13.4. The van der Waals surface area contributed by atoms with Crippen molar-refractivity contribution in [2.45, 2.75) is 80.6 Å². The molecule has 0 N–H and O–H groups in total. The molecule has 0 unspecified atom stereocenters. The van der Waals surface area contributed by atoms with Crippen molar-refractivity contribution in [1.82, 2.24) is 0 Å². The van der Waals surface area contributed by atoms with Gasteiger partial charge in [-0.25, -0.2) is 4.79 Å². The highest BCUT2D eigenvalue weighted by atomic mass is 16.4. The summed E-state index contributed by atoms with van der Waals surface area (Å²) in [6.07, 6.45) is 9.90. The van der Waals surface area contributed by atoms with E-state index >= 15 is 0 Å². The Labute approximate surface area is 203 Å². The summed E-state index contributed by atoms with van der Waals surface area (Å²) < 4.78 is 5.37. The van der Waals surface area contributed by atoms with Gasteiger partial charge in [-0.15, -0.1) is 0 Å². The highest BCUT2D eigenvalue weighted by Crippen LogP contribution is 2.68. The van der Waals surface area contributed by atoms with E-state index in [2.05, 4.69) is 27.7 Å². The van der Waals surface area contributed by atoms with Crippen LogP contribution in [0.1, 0.15) is 85.0 Å². The van der Waals surface area contributed by atoms with Gasteiger partial charge in [-0.3, -0.25) is 9.59 Å². The normalized spacial score (nSPS) is 34.9. The van der Waals surface area contributed by atoms with Gasteiger partial charge in [0.25, 0.3) is 0 Å².